The molecule has 0 radical (unpaired) electrons. The maximum atomic E-state index is 10.5. The molecular formula is C6H10O4. The second kappa shape index (κ2) is 2.56. The molecule has 0 spiro atoms. The lowest BCUT2D eigenvalue weighted by Gasteiger charge is -2.28. The van der Waals surface area contributed by atoms with E-state index in [1.165, 1.54) is 0 Å². The number of carbonyl (C=O) groups excluding carboxylic acids is 1. The quantitative estimate of drug-likeness (QED) is 0.432. The van der Waals surface area contributed by atoms with Gasteiger partial charge >= 0.3 is 5.97 Å². The minimum atomic E-state index is -0.962. The number of hydrogen-bond donors (Lipinski definition) is 2. The van der Waals surface area contributed by atoms with E-state index >= 15 is 0 Å². The SMILES string of the molecule is C[C@@H]1OC(=O)C[C@@H](O)[C@H]1O. The fourth-order valence-electron chi connectivity index (χ4n) is 0.930. The lowest BCUT2D eigenvalue weighted by molar-refractivity contribution is -0.175. The van der Waals surface area contributed by atoms with E-state index in [0.717, 1.165) is 0 Å². The molecular weight excluding hydrogens is 136 g/mol. The van der Waals surface area contributed by atoms with Crippen LogP contribution in [0.5, 0.6) is 0 Å². The van der Waals surface area contributed by atoms with Gasteiger partial charge in [-0.05, 0) is 6.92 Å². The maximum Gasteiger partial charge on any atom is 0.308 e. The highest BCUT2D eigenvalue weighted by Gasteiger charge is 2.33. The summed E-state index contributed by atoms with van der Waals surface area (Å²) < 4.78 is 4.62. The highest BCUT2D eigenvalue weighted by molar-refractivity contribution is 5.71. The van der Waals surface area contributed by atoms with Gasteiger partial charge in [-0.1, -0.05) is 0 Å². The standard InChI is InChI=1S/C6H10O4/c1-3-6(9)4(7)2-5(8)10-3/h3-4,6-7,9H,2H2,1H3/t3-,4+,6-/m0/s1. The van der Waals surface area contributed by atoms with Gasteiger partial charge < -0.3 is 14.9 Å². The third-order valence-electron chi connectivity index (χ3n) is 1.57. The second-order valence-corrected chi connectivity index (χ2v) is 2.46. The molecule has 4 nitrogen and oxygen atoms in total. The molecule has 0 bridgehead atoms. The zero-order chi connectivity index (χ0) is 7.72. The Morgan fingerprint density at radius 2 is 2.20 bits per heavy atom. The summed E-state index contributed by atoms with van der Waals surface area (Å²) in [5.41, 5.74) is 0. The van der Waals surface area contributed by atoms with E-state index in [1.807, 2.05) is 0 Å². The Balaban J connectivity index is 2.57. The Bertz CT molecular complexity index is 131. The van der Waals surface area contributed by atoms with Crippen molar-refractivity contribution in [3.8, 4) is 0 Å². The van der Waals surface area contributed by atoms with Gasteiger partial charge in [0.2, 0.25) is 0 Å². The molecule has 1 aliphatic rings. The number of esters is 1. The third kappa shape index (κ3) is 1.27. The van der Waals surface area contributed by atoms with Gasteiger partial charge in [0, 0.05) is 0 Å². The smallest absolute Gasteiger partial charge is 0.308 e. The molecule has 0 aliphatic carbocycles. The van der Waals surface area contributed by atoms with Crippen molar-refractivity contribution in [1.82, 2.24) is 0 Å². The van der Waals surface area contributed by atoms with Gasteiger partial charge in [-0.2, -0.15) is 0 Å². The Labute approximate surface area is 58.4 Å². The molecule has 0 amide bonds. The van der Waals surface area contributed by atoms with Crippen LogP contribution in [0, 0.1) is 0 Å². The molecule has 0 aromatic carbocycles. The van der Waals surface area contributed by atoms with Gasteiger partial charge in [-0.25, -0.2) is 0 Å². The number of carbonyl (C=O) groups is 1. The molecule has 4 heteroatoms. The average Bonchev–Trinajstić information content (AvgIpc) is 1.82. The first-order valence-corrected chi connectivity index (χ1v) is 3.17. The molecule has 2 N–H and O–H groups in total. The van der Waals surface area contributed by atoms with Crippen LogP contribution in [0.2, 0.25) is 0 Å². The number of hydrogen-bond acceptors (Lipinski definition) is 4. The molecule has 0 unspecified atom stereocenters. The Morgan fingerprint density at radius 1 is 1.60 bits per heavy atom. The van der Waals surface area contributed by atoms with Crippen LogP contribution in [0.15, 0.2) is 0 Å². The van der Waals surface area contributed by atoms with Gasteiger partial charge in [0.1, 0.15) is 12.2 Å². The van der Waals surface area contributed by atoms with Gasteiger partial charge in [0.15, 0.2) is 0 Å². The predicted molar refractivity (Wildman–Crippen MR) is 32.2 cm³/mol. The number of ether oxygens (including phenoxy) is 1. The predicted octanol–water partition coefficient (Wildman–Crippen LogP) is -0.956. The summed E-state index contributed by atoms with van der Waals surface area (Å²) in [6.45, 7) is 1.55. The topological polar surface area (TPSA) is 66.8 Å². The number of aliphatic hydroxyl groups is 2. The Hall–Kier alpha value is -0.610. The summed E-state index contributed by atoms with van der Waals surface area (Å²) in [6.07, 6.45) is -2.59. The molecule has 0 aromatic rings. The van der Waals surface area contributed by atoms with Crippen LogP contribution in [-0.2, 0) is 9.53 Å². The molecule has 1 heterocycles. The van der Waals surface area contributed by atoms with Crippen molar-refractivity contribution in [2.24, 2.45) is 0 Å². The molecule has 0 saturated carbocycles. The van der Waals surface area contributed by atoms with Gasteiger partial charge in [0.05, 0.1) is 12.5 Å². The van der Waals surface area contributed by atoms with Crippen molar-refractivity contribution in [3.05, 3.63) is 0 Å². The second-order valence-electron chi connectivity index (χ2n) is 2.46. The first kappa shape index (κ1) is 7.50. The van der Waals surface area contributed by atoms with E-state index < -0.39 is 24.3 Å². The first-order chi connectivity index (χ1) is 4.61. The van der Waals surface area contributed by atoms with Crippen molar-refractivity contribution in [3.63, 3.8) is 0 Å². The monoisotopic (exact) mass is 146 g/mol. The zero-order valence-electron chi connectivity index (χ0n) is 5.65. The van der Waals surface area contributed by atoms with E-state index in [9.17, 15) is 4.79 Å². The number of cyclic esters (lactones) is 1. The van der Waals surface area contributed by atoms with E-state index in [-0.39, 0.29) is 6.42 Å². The van der Waals surface area contributed by atoms with Crippen molar-refractivity contribution >= 4 is 5.97 Å². The van der Waals surface area contributed by atoms with Crippen LogP contribution >= 0.6 is 0 Å². The maximum absolute atomic E-state index is 10.5. The lowest BCUT2D eigenvalue weighted by atomic mass is 10.0. The minimum absolute atomic E-state index is 0.106. The van der Waals surface area contributed by atoms with Crippen LogP contribution in [0.4, 0.5) is 0 Å². The normalized spacial score (nSPS) is 41.1. The molecule has 58 valence electrons. The molecule has 0 aromatic heterocycles. The lowest BCUT2D eigenvalue weighted by Crippen LogP contribution is -2.44. The molecule has 10 heavy (non-hydrogen) atoms. The molecule has 1 saturated heterocycles. The van der Waals surface area contributed by atoms with E-state index in [1.54, 1.807) is 6.92 Å². The van der Waals surface area contributed by atoms with Crippen LogP contribution in [-0.4, -0.2) is 34.5 Å². The molecule has 3 atom stereocenters. The molecule has 1 rings (SSSR count). The molecule has 1 aliphatic heterocycles. The fraction of sp³-hybridized carbons (Fsp3) is 0.833. The fourth-order valence-corrected chi connectivity index (χ4v) is 0.930. The highest BCUT2D eigenvalue weighted by atomic mass is 16.6. The summed E-state index contributed by atoms with van der Waals surface area (Å²) >= 11 is 0. The van der Waals surface area contributed by atoms with Gasteiger partial charge in [-0.3, -0.25) is 4.79 Å². The summed E-state index contributed by atoms with van der Waals surface area (Å²) in [6, 6.07) is 0. The average molecular weight is 146 g/mol. The van der Waals surface area contributed by atoms with Gasteiger partial charge in [0.25, 0.3) is 0 Å². The van der Waals surface area contributed by atoms with Crippen molar-refractivity contribution in [1.29, 1.82) is 0 Å². The van der Waals surface area contributed by atoms with Crippen LogP contribution in [0.25, 0.3) is 0 Å². The van der Waals surface area contributed by atoms with Crippen LogP contribution in [0.1, 0.15) is 13.3 Å². The number of rotatable bonds is 0. The van der Waals surface area contributed by atoms with Crippen LogP contribution in [0.3, 0.4) is 0 Å². The van der Waals surface area contributed by atoms with Crippen molar-refractivity contribution in [2.75, 3.05) is 0 Å². The first-order valence-electron chi connectivity index (χ1n) is 3.17. The largest absolute Gasteiger partial charge is 0.460 e. The van der Waals surface area contributed by atoms with E-state index in [4.69, 9.17) is 10.2 Å². The zero-order valence-corrected chi connectivity index (χ0v) is 5.65. The molecule has 1 fully saturated rings. The summed E-state index contributed by atoms with van der Waals surface area (Å²) in [7, 11) is 0. The Morgan fingerprint density at radius 3 is 2.70 bits per heavy atom. The number of aliphatic hydroxyl groups excluding tert-OH is 2. The summed E-state index contributed by atoms with van der Waals surface area (Å²) in [5, 5.41) is 18.0. The van der Waals surface area contributed by atoms with Crippen molar-refractivity contribution in [2.45, 2.75) is 31.7 Å². The minimum Gasteiger partial charge on any atom is -0.460 e. The summed E-state index contributed by atoms with van der Waals surface area (Å²) in [4.78, 5) is 10.5. The van der Waals surface area contributed by atoms with Gasteiger partial charge in [-0.15, -0.1) is 0 Å². The van der Waals surface area contributed by atoms with Crippen LogP contribution < -0.4 is 0 Å². The Kier molecular flexibility index (Phi) is 1.92. The van der Waals surface area contributed by atoms with Crippen molar-refractivity contribution < 1.29 is 19.7 Å². The summed E-state index contributed by atoms with van der Waals surface area (Å²) in [5.74, 6) is -0.453. The highest BCUT2D eigenvalue weighted by Crippen LogP contribution is 2.14. The van der Waals surface area contributed by atoms with E-state index in [0.29, 0.717) is 0 Å². The van der Waals surface area contributed by atoms with E-state index in [2.05, 4.69) is 4.74 Å². The third-order valence-corrected chi connectivity index (χ3v) is 1.57.